The van der Waals surface area contributed by atoms with Gasteiger partial charge in [-0.15, -0.1) is 0 Å². The van der Waals surface area contributed by atoms with E-state index in [1.807, 2.05) is 18.2 Å². The third kappa shape index (κ3) is 3.57. The second-order valence-electron chi connectivity index (χ2n) is 8.31. The molecule has 1 aliphatic carbocycles. The highest BCUT2D eigenvalue weighted by atomic mass is 16.5. The second kappa shape index (κ2) is 7.19. The normalized spacial score (nSPS) is 29.5. The number of nitrogens with one attached hydrogen (secondary N) is 3. The lowest BCUT2D eigenvalue weighted by atomic mass is 9.77. The number of hydrogen-bond acceptors (Lipinski definition) is 5. The van der Waals surface area contributed by atoms with E-state index in [0.29, 0.717) is 19.4 Å². The van der Waals surface area contributed by atoms with Crippen LogP contribution in [0.15, 0.2) is 35.9 Å². The first kappa shape index (κ1) is 18.3. The topological polar surface area (TPSA) is 90.5 Å². The molecule has 144 valence electrons. The molecule has 0 bridgehead atoms. The van der Waals surface area contributed by atoms with E-state index in [0.717, 1.165) is 24.9 Å². The van der Waals surface area contributed by atoms with Gasteiger partial charge < -0.3 is 10.6 Å². The van der Waals surface area contributed by atoms with E-state index < -0.39 is 17.9 Å². The van der Waals surface area contributed by atoms with Crippen molar-refractivity contribution in [3.8, 4) is 0 Å². The zero-order valence-corrected chi connectivity index (χ0v) is 15.6. The maximum atomic E-state index is 13.3. The van der Waals surface area contributed by atoms with E-state index >= 15 is 0 Å². The average Bonchev–Trinajstić information content (AvgIpc) is 3.46. The molecule has 3 aliphatic rings. The number of amides is 1. The highest BCUT2D eigenvalue weighted by Crippen LogP contribution is 2.52. The fourth-order valence-electron chi connectivity index (χ4n) is 4.56. The van der Waals surface area contributed by atoms with E-state index in [2.05, 4.69) is 29.7 Å². The number of piperidine rings is 1. The summed E-state index contributed by atoms with van der Waals surface area (Å²) in [5, 5.41) is 15.8. The van der Waals surface area contributed by atoms with Gasteiger partial charge in [-0.3, -0.25) is 14.8 Å². The van der Waals surface area contributed by atoms with Crippen molar-refractivity contribution in [3.63, 3.8) is 0 Å². The van der Waals surface area contributed by atoms with Crippen LogP contribution in [-0.2, 0) is 9.59 Å². The smallest absolute Gasteiger partial charge is 0.248 e. The molecule has 1 saturated heterocycles. The van der Waals surface area contributed by atoms with Crippen LogP contribution in [0.4, 0.5) is 0 Å². The minimum atomic E-state index is -0.559. The zero-order valence-electron chi connectivity index (χ0n) is 15.6. The number of ketones is 1. The van der Waals surface area contributed by atoms with Crippen molar-refractivity contribution < 1.29 is 14.8 Å². The summed E-state index contributed by atoms with van der Waals surface area (Å²) >= 11 is 0. The van der Waals surface area contributed by atoms with Crippen LogP contribution in [0.2, 0.25) is 0 Å². The average molecular weight is 369 g/mol. The quantitative estimate of drug-likeness (QED) is 0.479. The van der Waals surface area contributed by atoms with Gasteiger partial charge in [0.15, 0.2) is 5.78 Å². The number of hydrogen-bond donors (Lipinski definition) is 4. The standard InChI is InChI=1S/C21H27N3O3/c1-13-11-22-17(9-15(13)14-5-3-2-4-6-14)19(25)18-16(20(26)24-27)10-21(7-8-21)12-23-18/h2-6,16-18,22-23,27H,7-12H2,1H3,(H,24,26)/t16-,17?,18-/m0/s1. The van der Waals surface area contributed by atoms with E-state index in [1.165, 1.54) is 11.1 Å². The molecule has 1 aromatic carbocycles. The van der Waals surface area contributed by atoms with Crippen LogP contribution in [0, 0.1) is 11.3 Å². The van der Waals surface area contributed by atoms with Crippen molar-refractivity contribution in [2.45, 2.75) is 44.7 Å². The molecule has 4 rings (SSSR count). The van der Waals surface area contributed by atoms with Crippen LogP contribution in [0.1, 0.15) is 38.2 Å². The van der Waals surface area contributed by atoms with Crippen molar-refractivity contribution in [2.24, 2.45) is 11.3 Å². The van der Waals surface area contributed by atoms with Crippen molar-refractivity contribution in [3.05, 3.63) is 41.5 Å². The van der Waals surface area contributed by atoms with Crippen molar-refractivity contribution >= 4 is 17.3 Å². The molecular formula is C21H27N3O3. The highest BCUT2D eigenvalue weighted by molar-refractivity contribution is 5.96. The number of carbonyl (C=O) groups is 2. The first-order valence-electron chi connectivity index (χ1n) is 9.71. The molecule has 1 unspecified atom stereocenters. The van der Waals surface area contributed by atoms with E-state index in [4.69, 9.17) is 5.21 Å². The molecule has 6 heteroatoms. The van der Waals surface area contributed by atoms with Crippen LogP contribution in [0.3, 0.4) is 0 Å². The third-order valence-electron chi connectivity index (χ3n) is 6.47. The SMILES string of the molecule is CC1=C(c2ccccc2)CC(C(=O)[C@H]2NCC3(CC3)C[C@@H]2C(=O)NO)NC1. The Hall–Kier alpha value is -2.02. The van der Waals surface area contributed by atoms with Crippen LogP contribution in [0.25, 0.3) is 5.57 Å². The minimum Gasteiger partial charge on any atom is -0.306 e. The lowest BCUT2D eigenvalue weighted by molar-refractivity contribution is -0.140. The van der Waals surface area contributed by atoms with E-state index in [9.17, 15) is 9.59 Å². The van der Waals surface area contributed by atoms with Crippen molar-refractivity contribution in [1.29, 1.82) is 0 Å². The van der Waals surface area contributed by atoms with Gasteiger partial charge in [0, 0.05) is 13.1 Å². The molecule has 1 spiro atoms. The lowest BCUT2D eigenvalue weighted by Gasteiger charge is -2.38. The van der Waals surface area contributed by atoms with Crippen molar-refractivity contribution in [1.82, 2.24) is 16.1 Å². The number of hydroxylamine groups is 1. The zero-order chi connectivity index (χ0) is 19.0. The number of carbonyl (C=O) groups excluding carboxylic acids is 2. The minimum absolute atomic E-state index is 0.0139. The van der Waals surface area contributed by atoms with Gasteiger partial charge in [-0.1, -0.05) is 35.9 Å². The summed E-state index contributed by atoms with van der Waals surface area (Å²) < 4.78 is 0. The number of rotatable bonds is 4. The molecule has 27 heavy (non-hydrogen) atoms. The van der Waals surface area contributed by atoms with Gasteiger partial charge in [0.25, 0.3) is 0 Å². The van der Waals surface area contributed by atoms with Gasteiger partial charge >= 0.3 is 0 Å². The summed E-state index contributed by atoms with van der Waals surface area (Å²) in [6.45, 7) is 3.52. The Morgan fingerprint density at radius 1 is 1.19 bits per heavy atom. The fraction of sp³-hybridized carbons (Fsp3) is 0.524. The predicted octanol–water partition coefficient (Wildman–Crippen LogP) is 1.65. The summed E-state index contributed by atoms with van der Waals surface area (Å²) in [5.74, 6) is -0.967. The highest BCUT2D eigenvalue weighted by Gasteiger charge is 2.52. The van der Waals surface area contributed by atoms with E-state index in [-0.39, 0.29) is 17.2 Å². The predicted molar refractivity (Wildman–Crippen MR) is 102 cm³/mol. The molecule has 2 aliphatic heterocycles. The van der Waals surface area contributed by atoms with Gasteiger partial charge in [-0.05, 0) is 49.2 Å². The molecule has 4 N–H and O–H groups in total. The maximum absolute atomic E-state index is 13.3. The number of benzene rings is 1. The van der Waals surface area contributed by atoms with Crippen LogP contribution in [-0.4, -0.2) is 42.1 Å². The van der Waals surface area contributed by atoms with Crippen molar-refractivity contribution in [2.75, 3.05) is 13.1 Å². The molecule has 6 nitrogen and oxygen atoms in total. The molecule has 0 aromatic heterocycles. The third-order valence-corrected chi connectivity index (χ3v) is 6.47. The fourth-order valence-corrected chi connectivity index (χ4v) is 4.56. The Balaban J connectivity index is 1.52. The lowest BCUT2D eigenvalue weighted by Crippen LogP contribution is -2.59. The Kier molecular flexibility index (Phi) is 4.88. The Labute approximate surface area is 159 Å². The molecule has 3 atom stereocenters. The molecule has 1 saturated carbocycles. The largest absolute Gasteiger partial charge is 0.306 e. The van der Waals surface area contributed by atoms with Crippen LogP contribution in [0.5, 0.6) is 0 Å². The first-order valence-corrected chi connectivity index (χ1v) is 9.71. The van der Waals surface area contributed by atoms with Gasteiger partial charge in [-0.25, -0.2) is 5.48 Å². The summed E-state index contributed by atoms with van der Waals surface area (Å²) in [6, 6.07) is 9.26. The van der Waals surface area contributed by atoms with Gasteiger partial charge in [0.1, 0.15) is 0 Å². The molecule has 2 fully saturated rings. The van der Waals surface area contributed by atoms with Gasteiger partial charge in [-0.2, -0.15) is 0 Å². The Bertz CT molecular complexity index is 770. The Morgan fingerprint density at radius 2 is 1.93 bits per heavy atom. The van der Waals surface area contributed by atoms with Gasteiger partial charge in [0.05, 0.1) is 18.0 Å². The van der Waals surface area contributed by atoms with Crippen LogP contribution >= 0.6 is 0 Å². The molecule has 0 radical (unpaired) electrons. The number of Topliss-reactive ketones (excluding diaryl/α,β-unsaturated/α-hetero) is 1. The summed E-state index contributed by atoms with van der Waals surface area (Å²) in [4.78, 5) is 25.5. The Morgan fingerprint density at radius 3 is 2.59 bits per heavy atom. The molecule has 1 amide bonds. The first-order chi connectivity index (χ1) is 13.0. The summed E-state index contributed by atoms with van der Waals surface area (Å²) in [5.41, 5.74) is 5.49. The van der Waals surface area contributed by atoms with Gasteiger partial charge in [0.2, 0.25) is 5.91 Å². The monoisotopic (exact) mass is 369 g/mol. The van der Waals surface area contributed by atoms with Crippen LogP contribution < -0.4 is 16.1 Å². The summed E-state index contributed by atoms with van der Waals surface area (Å²) in [7, 11) is 0. The molecule has 2 heterocycles. The maximum Gasteiger partial charge on any atom is 0.248 e. The molecule has 1 aromatic rings. The second-order valence-corrected chi connectivity index (χ2v) is 8.31. The summed E-state index contributed by atoms with van der Waals surface area (Å²) in [6.07, 6.45) is 3.44. The van der Waals surface area contributed by atoms with E-state index in [1.54, 1.807) is 5.48 Å². The molecular weight excluding hydrogens is 342 g/mol.